The van der Waals surface area contributed by atoms with E-state index < -0.39 is 7.12 Å². The first-order chi connectivity index (χ1) is 8.69. The maximum Gasteiger partial charge on any atom is 0.498 e. The molecular formula is C14H20BClO3. The Bertz CT molecular complexity index is 484. The lowest BCUT2D eigenvalue weighted by atomic mass is 9.77. The lowest BCUT2D eigenvalue weighted by Gasteiger charge is -2.32. The van der Waals surface area contributed by atoms with E-state index in [0.717, 1.165) is 16.8 Å². The standard InChI is InChI=1S/C14H20BClO3/c1-9-11(16)8-7-10(12(9)17-6)15-18-13(2,3)14(4,5)19-15/h7-8H,1-6H3. The van der Waals surface area contributed by atoms with Crippen molar-refractivity contribution in [3.63, 3.8) is 0 Å². The third-order valence-electron chi connectivity index (χ3n) is 4.08. The molecule has 1 fully saturated rings. The van der Waals surface area contributed by atoms with Gasteiger partial charge in [0.1, 0.15) is 5.75 Å². The largest absolute Gasteiger partial charge is 0.498 e. The van der Waals surface area contributed by atoms with Gasteiger partial charge in [0.15, 0.2) is 0 Å². The molecule has 0 radical (unpaired) electrons. The summed E-state index contributed by atoms with van der Waals surface area (Å²) in [5.41, 5.74) is 1.05. The fraction of sp³-hybridized carbons (Fsp3) is 0.571. The molecule has 3 nitrogen and oxygen atoms in total. The van der Waals surface area contributed by atoms with Gasteiger partial charge in [-0.05, 0) is 40.7 Å². The fourth-order valence-electron chi connectivity index (χ4n) is 2.12. The smallest absolute Gasteiger partial charge is 0.497 e. The molecule has 1 aliphatic heterocycles. The molecule has 2 rings (SSSR count). The van der Waals surface area contributed by atoms with Crippen LogP contribution in [-0.4, -0.2) is 25.4 Å². The molecule has 19 heavy (non-hydrogen) atoms. The van der Waals surface area contributed by atoms with Crippen LogP contribution < -0.4 is 10.2 Å². The molecule has 0 aromatic heterocycles. The third kappa shape index (κ3) is 2.37. The molecule has 1 aromatic rings. The van der Waals surface area contributed by atoms with Crippen LogP contribution in [0.15, 0.2) is 12.1 Å². The monoisotopic (exact) mass is 282 g/mol. The van der Waals surface area contributed by atoms with Gasteiger partial charge in [-0.3, -0.25) is 0 Å². The van der Waals surface area contributed by atoms with Crippen molar-refractivity contribution in [2.45, 2.75) is 45.8 Å². The number of ether oxygens (including phenoxy) is 1. The first-order valence-electron chi connectivity index (χ1n) is 6.38. The van der Waals surface area contributed by atoms with Gasteiger partial charge in [-0.15, -0.1) is 0 Å². The van der Waals surface area contributed by atoms with E-state index >= 15 is 0 Å². The van der Waals surface area contributed by atoms with Crippen molar-refractivity contribution in [1.82, 2.24) is 0 Å². The predicted octanol–water partition coefficient (Wildman–Crippen LogP) is 2.96. The van der Waals surface area contributed by atoms with Gasteiger partial charge >= 0.3 is 7.12 Å². The molecule has 1 aliphatic rings. The first-order valence-corrected chi connectivity index (χ1v) is 6.76. The Labute approximate surface area is 120 Å². The molecule has 1 saturated heterocycles. The summed E-state index contributed by atoms with van der Waals surface area (Å²) >= 11 is 6.12. The molecule has 0 spiro atoms. The molecular weight excluding hydrogens is 262 g/mol. The lowest BCUT2D eigenvalue weighted by molar-refractivity contribution is 0.00578. The summed E-state index contributed by atoms with van der Waals surface area (Å²) in [6, 6.07) is 3.75. The molecule has 104 valence electrons. The first kappa shape index (κ1) is 14.7. The zero-order valence-electron chi connectivity index (χ0n) is 12.3. The van der Waals surface area contributed by atoms with Gasteiger partial charge in [-0.25, -0.2) is 0 Å². The molecule has 0 saturated carbocycles. The van der Waals surface area contributed by atoms with E-state index in [-0.39, 0.29) is 11.2 Å². The Kier molecular flexibility index (Phi) is 3.63. The van der Waals surface area contributed by atoms with Crippen molar-refractivity contribution in [2.24, 2.45) is 0 Å². The van der Waals surface area contributed by atoms with Gasteiger partial charge in [0.2, 0.25) is 0 Å². The van der Waals surface area contributed by atoms with E-state index in [9.17, 15) is 0 Å². The van der Waals surface area contributed by atoms with Crippen molar-refractivity contribution >= 4 is 24.2 Å². The zero-order chi connectivity index (χ0) is 14.4. The number of halogens is 1. The SMILES string of the molecule is COc1c(B2OC(C)(C)C(C)(C)O2)ccc(Cl)c1C. The topological polar surface area (TPSA) is 27.7 Å². The minimum Gasteiger partial charge on any atom is -0.497 e. The van der Waals surface area contributed by atoms with Gasteiger partial charge in [0, 0.05) is 16.0 Å². The number of hydrogen-bond donors (Lipinski definition) is 0. The number of benzene rings is 1. The highest BCUT2D eigenvalue weighted by molar-refractivity contribution is 6.63. The molecule has 0 aliphatic carbocycles. The maximum absolute atomic E-state index is 6.12. The highest BCUT2D eigenvalue weighted by Gasteiger charge is 2.52. The van der Waals surface area contributed by atoms with E-state index in [1.54, 1.807) is 7.11 Å². The Morgan fingerprint density at radius 1 is 1.11 bits per heavy atom. The second-order valence-corrected chi connectivity index (χ2v) is 6.29. The summed E-state index contributed by atoms with van der Waals surface area (Å²) in [6.45, 7) is 10.0. The Balaban J connectivity index is 2.43. The van der Waals surface area contributed by atoms with E-state index in [4.69, 9.17) is 25.6 Å². The number of methoxy groups -OCH3 is 1. The van der Waals surface area contributed by atoms with Crippen LogP contribution in [0.1, 0.15) is 33.3 Å². The second kappa shape index (κ2) is 4.69. The Morgan fingerprint density at radius 3 is 2.11 bits per heavy atom. The minimum absolute atomic E-state index is 0.365. The quantitative estimate of drug-likeness (QED) is 0.781. The summed E-state index contributed by atoms with van der Waals surface area (Å²) < 4.78 is 17.5. The van der Waals surface area contributed by atoms with Crippen LogP contribution in [0.2, 0.25) is 5.02 Å². The molecule has 1 aromatic carbocycles. The summed E-state index contributed by atoms with van der Waals surface area (Å²) in [5.74, 6) is 0.728. The predicted molar refractivity (Wildman–Crippen MR) is 78.5 cm³/mol. The summed E-state index contributed by atoms with van der Waals surface area (Å²) in [5, 5.41) is 0.678. The van der Waals surface area contributed by atoms with E-state index in [1.807, 2.05) is 46.8 Å². The zero-order valence-corrected chi connectivity index (χ0v) is 13.1. The lowest BCUT2D eigenvalue weighted by Crippen LogP contribution is -2.41. The van der Waals surface area contributed by atoms with Crippen LogP contribution in [-0.2, 0) is 9.31 Å². The number of hydrogen-bond acceptors (Lipinski definition) is 3. The van der Waals surface area contributed by atoms with Crippen molar-refractivity contribution in [1.29, 1.82) is 0 Å². The van der Waals surface area contributed by atoms with Crippen LogP contribution in [0, 0.1) is 6.92 Å². The van der Waals surface area contributed by atoms with E-state index in [1.165, 1.54) is 0 Å². The van der Waals surface area contributed by atoms with Crippen LogP contribution in [0.5, 0.6) is 5.75 Å². The molecule has 1 heterocycles. The molecule has 5 heteroatoms. The minimum atomic E-state index is -0.434. The highest BCUT2D eigenvalue weighted by Crippen LogP contribution is 2.37. The van der Waals surface area contributed by atoms with Gasteiger partial charge in [-0.1, -0.05) is 17.7 Å². The Morgan fingerprint density at radius 2 is 1.63 bits per heavy atom. The Hall–Kier alpha value is -0.705. The molecule has 0 bridgehead atoms. The van der Waals surface area contributed by atoms with Crippen LogP contribution in [0.3, 0.4) is 0 Å². The maximum atomic E-state index is 6.12. The summed E-state index contributed by atoms with van der Waals surface area (Å²) in [6.07, 6.45) is 0. The number of rotatable bonds is 2. The van der Waals surface area contributed by atoms with Gasteiger partial charge < -0.3 is 14.0 Å². The van der Waals surface area contributed by atoms with Crippen molar-refractivity contribution < 1.29 is 14.0 Å². The van der Waals surface area contributed by atoms with Gasteiger partial charge in [0.25, 0.3) is 0 Å². The molecule has 0 N–H and O–H groups in total. The van der Waals surface area contributed by atoms with E-state index in [0.29, 0.717) is 5.02 Å². The van der Waals surface area contributed by atoms with E-state index in [2.05, 4.69) is 0 Å². The average Bonchev–Trinajstić information content (AvgIpc) is 2.51. The van der Waals surface area contributed by atoms with Gasteiger partial charge in [0.05, 0.1) is 18.3 Å². The third-order valence-corrected chi connectivity index (χ3v) is 4.49. The van der Waals surface area contributed by atoms with Gasteiger partial charge in [-0.2, -0.15) is 0 Å². The molecule has 0 amide bonds. The molecule has 0 unspecified atom stereocenters. The normalized spacial score (nSPS) is 20.7. The van der Waals surface area contributed by atoms with Crippen LogP contribution in [0.25, 0.3) is 0 Å². The average molecular weight is 283 g/mol. The summed E-state index contributed by atoms with van der Waals surface area (Å²) in [4.78, 5) is 0. The van der Waals surface area contributed by atoms with Crippen LogP contribution >= 0.6 is 11.6 Å². The van der Waals surface area contributed by atoms with Crippen molar-refractivity contribution in [3.05, 3.63) is 22.7 Å². The second-order valence-electron chi connectivity index (χ2n) is 5.88. The highest BCUT2D eigenvalue weighted by atomic mass is 35.5. The van der Waals surface area contributed by atoms with Crippen molar-refractivity contribution in [3.8, 4) is 5.75 Å². The fourth-order valence-corrected chi connectivity index (χ4v) is 2.26. The van der Waals surface area contributed by atoms with Crippen molar-refractivity contribution in [2.75, 3.05) is 7.11 Å². The summed E-state index contributed by atoms with van der Waals surface area (Å²) in [7, 11) is 1.20. The van der Waals surface area contributed by atoms with Crippen LogP contribution in [0.4, 0.5) is 0 Å². The molecule has 0 atom stereocenters.